The average Bonchev–Trinajstić information content (AvgIpc) is 3.16. The van der Waals surface area contributed by atoms with Gasteiger partial charge in [-0.1, -0.05) is 0 Å². The van der Waals surface area contributed by atoms with Crippen LogP contribution in [0.1, 0.15) is 35.7 Å². The number of nitrogens with zero attached hydrogens (tertiary/aromatic N) is 3. The highest BCUT2D eigenvalue weighted by atomic mass is 16.4. The molecule has 0 aliphatic carbocycles. The highest BCUT2D eigenvalue weighted by Gasteiger charge is 2.21. The summed E-state index contributed by atoms with van der Waals surface area (Å²) in [7, 11) is 0. The topological polar surface area (TPSA) is 75.4 Å². The van der Waals surface area contributed by atoms with Gasteiger partial charge in [-0.15, -0.1) is 0 Å². The van der Waals surface area contributed by atoms with Gasteiger partial charge in [0.2, 0.25) is 5.43 Å². The summed E-state index contributed by atoms with van der Waals surface area (Å²) >= 11 is 0. The molecule has 1 aromatic carbocycles. The number of aromatic nitrogens is 2. The fraction of sp³-hybridized carbons (Fsp3) is 0.350. The van der Waals surface area contributed by atoms with Gasteiger partial charge in [0.05, 0.1) is 5.52 Å². The SMILES string of the molecule is CCn1cc(C(=O)O)c(=O)c2cc3c(N4CCCC4)nccc3c(C)c21. The summed E-state index contributed by atoms with van der Waals surface area (Å²) in [6, 6.07) is 3.80. The Morgan fingerprint density at radius 3 is 2.62 bits per heavy atom. The monoisotopic (exact) mass is 351 g/mol. The first-order valence-electron chi connectivity index (χ1n) is 8.96. The summed E-state index contributed by atoms with van der Waals surface area (Å²) in [5, 5.41) is 11.8. The number of fused-ring (bicyclic) bond motifs is 2. The molecule has 0 bridgehead atoms. The molecule has 2 aromatic heterocycles. The van der Waals surface area contributed by atoms with Gasteiger partial charge in [-0.3, -0.25) is 4.79 Å². The van der Waals surface area contributed by atoms with Crippen molar-refractivity contribution in [1.29, 1.82) is 0 Å². The minimum absolute atomic E-state index is 0.190. The summed E-state index contributed by atoms with van der Waals surface area (Å²) in [5.41, 5.74) is 1.16. The number of carbonyl (C=O) groups is 1. The van der Waals surface area contributed by atoms with Gasteiger partial charge < -0.3 is 14.6 Å². The van der Waals surface area contributed by atoms with Gasteiger partial charge in [0.15, 0.2) is 0 Å². The first kappa shape index (κ1) is 16.6. The van der Waals surface area contributed by atoms with Crippen LogP contribution in [0.2, 0.25) is 0 Å². The van der Waals surface area contributed by atoms with Crippen molar-refractivity contribution in [1.82, 2.24) is 9.55 Å². The Kier molecular flexibility index (Phi) is 3.90. The van der Waals surface area contributed by atoms with Crippen LogP contribution in [0.15, 0.2) is 29.3 Å². The molecule has 1 saturated heterocycles. The smallest absolute Gasteiger partial charge is 0.341 e. The molecule has 3 heterocycles. The van der Waals surface area contributed by atoms with Crippen LogP contribution in [0.4, 0.5) is 5.82 Å². The zero-order chi connectivity index (χ0) is 18.4. The number of carboxylic acid groups (broad SMARTS) is 1. The van der Waals surface area contributed by atoms with E-state index in [9.17, 15) is 14.7 Å². The van der Waals surface area contributed by atoms with Gasteiger partial charge in [0.25, 0.3) is 0 Å². The molecule has 0 saturated carbocycles. The van der Waals surface area contributed by atoms with Gasteiger partial charge >= 0.3 is 5.97 Å². The summed E-state index contributed by atoms with van der Waals surface area (Å²) in [5.74, 6) is -0.309. The van der Waals surface area contributed by atoms with Crippen molar-refractivity contribution in [2.45, 2.75) is 33.2 Å². The van der Waals surface area contributed by atoms with E-state index in [1.54, 1.807) is 0 Å². The molecule has 0 unspecified atom stereocenters. The zero-order valence-electron chi connectivity index (χ0n) is 15.0. The van der Waals surface area contributed by atoms with Crippen molar-refractivity contribution < 1.29 is 9.90 Å². The van der Waals surface area contributed by atoms with E-state index in [4.69, 9.17) is 0 Å². The fourth-order valence-electron chi connectivity index (χ4n) is 4.02. The van der Waals surface area contributed by atoms with Crippen LogP contribution in [-0.2, 0) is 6.54 Å². The van der Waals surface area contributed by atoms with Gasteiger partial charge in [-0.05, 0) is 49.8 Å². The lowest BCUT2D eigenvalue weighted by Crippen LogP contribution is -2.21. The van der Waals surface area contributed by atoms with Crippen molar-refractivity contribution in [3.63, 3.8) is 0 Å². The molecule has 0 spiro atoms. The normalized spacial score (nSPS) is 14.5. The number of aromatic carboxylic acids is 1. The number of hydrogen-bond donors (Lipinski definition) is 1. The van der Waals surface area contributed by atoms with Crippen molar-refractivity contribution in [2.75, 3.05) is 18.0 Å². The zero-order valence-corrected chi connectivity index (χ0v) is 15.0. The molecule has 0 radical (unpaired) electrons. The van der Waals surface area contributed by atoms with Crippen LogP contribution in [0, 0.1) is 6.92 Å². The second-order valence-corrected chi connectivity index (χ2v) is 6.78. The third kappa shape index (κ3) is 2.36. The van der Waals surface area contributed by atoms with Crippen LogP contribution in [-0.4, -0.2) is 33.7 Å². The van der Waals surface area contributed by atoms with E-state index in [0.29, 0.717) is 11.9 Å². The maximum Gasteiger partial charge on any atom is 0.341 e. The van der Waals surface area contributed by atoms with Gasteiger partial charge in [-0.2, -0.15) is 0 Å². The maximum absolute atomic E-state index is 12.8. The van der Waals surface area contributed by atoms with Crippen molar-refractivity contribution in [3.8, 4) is 0 Å². The number of hydrogen-bond acceptors (Lipinski definition) is 4. The molecule has 0 atom stereocenters. The molecular weight excluding hydrogens is 330 g/mol. The minimum Gasteiger partial charge on any atom is -0.477 e. The molecule has 26 heavy (non-hydrogen) atoms. The molecular formula is C20H21N3O3. The lowest BCUT2D eigenvalue weighted by molar-refractivity contribution is 0.0695. The number of aryl methyl sites for hydroxylation is 2. The van der Waals surface area contributed by atoms with Gasteiger partial charge in [0, 0.05) is 42.8 Å². The van der Waals surface area contributed by atoms with Crippen molar-refractivity contribution >= 4 is 33.5 Å². The maximum atomic E-state index is 12.8. The third-order valence-electron chi connectivity index (χ3n) is 5.31. The Morgan fingerprint density at radius 1 is 1.23 bits per heavy atom. The van der Waals surface area contributed by atoms with Gasteiger partial charge in [-0.25, -0.2) is 9.78 Å². The molecule has 4 rings (SSSR count). The molecule has 3 aromatic rings. The number of pyridine rings is 2. The lowest BCUT2D eigenvalue weighted by Gasteiger charge is -2.20. The Balaban J connectivity index is 2.15. The molecule has 134 valence electrons. The van der Waals surface area contributed by atoms with E-state index in [1.807, 2.05) is 36.7 Å². The largest absolute Gasteiger partial charge is 0.477 e. The molecule has 6 nitrogen and oxygen atoms in total. The fourth-order valence-corrected chi connectivity index (χ4v) is 4.02. The lowest BCUT2D eigenvalue weighted by atomic mass is 10.00. The quantitative estimate of drug-likeness (QED) is 0.734. The van der Waals surface area contributed by atoms with E-state index in [1.165, 1.54) is 6.20 Å². The molecule has 1 aliphatic heterocycles. The second-order valence-electron chi connectivity index (χ2n) is 6.78. The third-order valence-corrected chi connectivity index (χ3v) is 5.31. The summed E-state index contributed by atoms with van der Waals surface area (Å²) in [6.45, 7) is 6.44. The Hall–Kier alpha value is -2.89. The van der Waals surface area contributed by atoms with Crippen LogP contribution < -0.4 is 10.3 Å². The van der Waals surface area contributed by atoms with Crippen molar-refractivity contribution in [2.24, 2.45) is 0 Å². The highest BCUT2D eigenvalue weighted by Crippen LogP contribution is 2.33. The van der Waals surface area contributed by atoms with Crippen LogP contribution in [0.25, 0.3) is 21.7 Å². The number of carboxylic acids is 1. The highest BCUT2D eigenvalue weighted by molar-refractivity contribution is 6.06. The Bertz CT molecular complexity index is 1100. The summed E-state index contributed by atoms with van der Waals surface area (Å²) in [6.07, 6.45) is 5.54. The molecule has 0 amide bonds. The average molecular weight is 351 g/mol. The molecule has 1 fully saturated rings. The second kappa shape index (κ2) is 6.12. The predicted molar refractivity (Wildman–Crippen MR) is 102 cm³/mol. The van der Waals surface area contributed by atoms with E-state index in [2.05, 4.69) is 9.88 Å². The Morgan fingerprint density at radius 2 is 1.96 bits per heavy atom. The van der Waals surface area contributed by atoms with E-state index in [-0.39, 0.29) is 5.56 Å². The number of anilines is 1. The minimum atomic E-state index is -1.19. The van der Waals surface area contributed by atoms with E-state index >= 15 is 0 Å². The predicted octanol–water partition coefficient (Wildman–Crippen LogP) is 3.18. The summed E-state index contributed by atoms with van der Waals surface area (Å²) < 4.78 is 1.85. The molecule has 1 aliphatic rings. The standard InChI is InChI=1S/C20H21N3O3/c1-3-22-11-16(20(25)26)18(24)15-10-14-13(12(2)17(15)22)6-7-21-19(14)23-8-4-5-9-23/h6-7,10-11H,3-5,8-9H2,1-2H3,(H,25,26). The van der Waals surface area contributed by atoms with E-state index in [0.717, 1.165) is 53.6 Å². The molecule has 1 N–H and O–H groups in total. The van der Waals surface area contributed by atoms with Crippen LogP contribution in [0.3, 0.4) is 0 Å². The number of benzene rings is 1. The van der Waals surface area contributed by atoms with Crippen LogP contribution >= 0.6 is 0 Å². The van der Waals surface area contributed by atoms with Crippen LogP contribution in [0.5, 0.6) is 0 Å². The molecule has 6 heteroatoms. The van der Waals surface area contributed by atoms with E-state index < -0.39 is 11.4 Å². The number of rotatable bonds is 3. The Labute approximate surface area is 150 Å². The van der Waals surface area contributed by atoms with Crippen molar-refractivity contribution in [3.05, 3.63) is 45.9 Å². The first-order valence-corrected chi connectivity index (χ1v) is 8.96. The summed E-state index contributed by atoms with van der Waals surface area (Å²) in [4.78, 5) is 31.2. The first-order chi connectivity index (χ1) is 12.5. The van der Waals surface area contributed by atoms with Gasteiger partial charge in [0.1, 0.15) is 11.4 Å².